The van der Waals surface area contributed by atoms with E-state index in [4.69, 9.17) is 9.41 Å². The van der Waals surface area contributed by atoms with Gasteiger partial charge in [-0.1, -0.05) is 33.8 Å². The monoisotopic (exact) mass is 611 g/mol. The summed E-state index contributed by atoms with van der Waals surface area (Å²) >= 11 is 0. The number of fused-ring (bicyclic) bond motifs is 1. The Morgan fingerprint density at radius 3 is 2.55 bits per heavy atom. The first kappa shape index (κ1) is 31.6. The van der Waals surface area contributed by atoms with E-state index in [0.29, 0.717) is 55.4 Å². The first-order valence-corrected chi connectivity index (χ1v) is 18.1. The van der Waals surface area contributed by atoms with E-state index in [1.165, 1.54) is 0 Å². The van der Waals surface area contributed by atoms with Gasteiger partial charge < -0.3 is 15.1 Å². The second-order valence-electron chi connectivity index (χ2n) is 14.0. The highest BCUT2D eigenvalue weighted by Crippen LogP contribution is 2.44. The normalized spacial score (nSPS) is 18.6. The van der Waals surface area contributed by atoms with Crippen LogP contribution < -0.4 is 10.6 Å². The van der Waals surface area contributed by atoms with Crippen molar-refractivity contribution < 1.29 is 8.82 Å². The number of anilines is 3. The molecule has 2 aromatic carbocycles. The molecule has 0 saturated carbocycles. The minimum atomic E-state index is -1.97. The van der Waals surface area contributed by atoms with Gasteiger partial charge in [0.1, 0.15) is 12.2 Å². The number of aryl methyl sites for hydroxylation is 1. The molecule has 5 rings (SSSR count). The number of nitriles is 2. The van der Waals surface area contributed by atoms with Crippen LogP contribution in [0.2, 0.25) is 18.1 Å². The zero-order valence-electron chi connectivity index (χ0n) is 26.8. The van der Waals surface area contributed by atoms with Crippen molar-refractivity contribution in [3.8, 4) is 23.4 Å². The molecule has 10 heteroatoms. The van der Waals surface area contributed by atoms with Crippen LogP contribution in [-0.2, 0) is 16.3 Å². The zero-order chi connectivity index (χ0) is 31.9. The summed E-state index contributed by atoms with van der Waals surface area (Å²) in [5, 5.41) is 26.8. The van der Waals surface area contributed by atoms with Crippen molar-refractivity contribution in [3.05, 3.63) is 64.3 Å². The van der Waals surface area contributed by atoms with Crippen LogP contribution in [0.3, 0.4) is 0 Å². The van der Waals surface area contributed by atoms with Crippen LogP contribution in [0.25, 0.3) is 11.3 Å². The Morgan fingerprint density at radius 2 is 1.89 bits per heavy atom. The lowest BCUT2D eigenvalue weighted by molar-refractivity contribution is 0.0670. The molecule has 1 aromatic heterocycles. The van der Waals surface area contributed by atoms with Gasteiger partial charge in [-0.2, -0.15) is 10.5 Å². The summed E-state index contributed by atoms with van der Waals surface area (Å²) in [6, 6.07) is 14.4. The molecule has 3 aromatic rings. The maximum atomic E-state index is 13.2. The molecule has 44 heavy (non-hydrogen) atoms. The number of nitrogens with one attached hydrogen (secondary N) is 2. The van der Waals surface area contributed by atoms with Gasteiger partial charge in [-0.05, 0) is 72.4 Å². The van der Waals surface area contributed by atoms with Gasteiger partial charge in [0.2, 0.25) is 5.95 Å². The minimum Gasteiger partial charge on any atom is -0.416 e. The lowest BCUT2D eigenvalue weighted by Gasteiger charge is -2.39. The van der Waals surface area contributed by atoms with Crippen molar-refractivity contribution in [2.75, 3.05) is 43.4 Å². The Hall–Kier alpha value is -3.83. The van der Waals surface area contributed by atoms with E-state index in [1.54, 1.807) is 6.20 Å². The third kappa shape index (κ3) is 6.34. The van der Waals surface area contributed by atoms with Gasteiger partial charge in [-0.25, -0.2) is 14.4 Å². The number of nitrogens with zero attached hydrogens (tertiary/aromatic N) is 5. The number of halogens is 1. The van der Waals surface area contributed by atoms with Crippen LogP contribution >= 0.6 is 0 Å². The summed E-state index contributed by atoms with van der Waals surface area (Å²) in [6.45, 7) is 18.3. The fraction of sp³-hybridized carbons (Fsp3) is 0.471. The first-order valence-electron chi connectivity index (χ1n) is 15.2. The molecular weight excluding hydrogens is 570 g/mol. The second kappa shape index (κ2) is 11.9. The standard InChI is InChI=1S/C34H42FN7OSi/c1-22-12-23(9-11-42-18-27(35)19-42)25(16-36)15-30(22)41-32-38-10-8-29(40-32)24-13-26(17-37)31-28(14-24)34(5,20-39-31)21-43-44(6,7)33(2,3)4/h8,10,12-15,27,39H,9,11,18-21H2,1-7H3,(H,38,40,41)/t34-/m1/s1. The van der Waals surface area contributed by atoms with E-state index < -0.39 is 14.5 Å². The average Bonchev–Trinajstić information content (AvgIpc) is 3.30. The Kier molecular flexibility index (Phi) is 8.56. The smallest absolute Gasteiger partial charge is 0.227 e. The number of aromatic nitrogens is 2. The van der Waals surface area contributed by atoms with Gasteiger partial charge in [-0.3, -0.25) is 4.90 Å². The summed E-state index contributed by atoms with van der Waals surface area (Å²) in [7, 11) is -1.97. The Morgan fingerprint density at radius 1 is 1.16 bits per heavy atom. The van der Waals surface area contributed by atoms with Crippen LogP contribution in [-0.4, -0.2) is 62.1 Å². The van der Waals surface area contributed by atoms with Gasteiger partial charge in [0.05, 0.1) is 28.6 Å². The highest BCUT2D eigenvalue weighted by atomic mass is 28.4. The Labute approximate surface area is 261 Å². The molecule has 8 nitrogen and oxygen atoms in total. The minimum absolute atomic E-state index is 0.101. The highest BCUT2D eigenvalue weighted by Gasteiger charge is 2.42. The third-order valence-electron chi connectivity index (χ3n) is 9.50. The van der Waals surface area contributed by atoms with Gasteiger partial charge in [-0.15, -0.1) is 0 Å². The molecular formula is C34H42FN7OSi. The molecule has 0 spiro atoms. The molecule has 0 amide bonds. The fourth-order valence-corrected chi connectivity index (χ4v) is 6.60. The quantitative estimate of drug-likeness (QED) is 0.253. The summed E-state index contributed by atoms with van der Waals surface area (Å²) in [4.78, 5) is 11.3. The fourth-order valence-electron chi connectivity index (χ4n) is 5.49. The molecule has 0 bridgehead atoms. The molecule has 0 aliphatic carbocycles. The summed E-state index contributed by atoms with van der Waals surface area (Å²) < 4.78 is 19.9. The highest BCUT2D eigenvalue weighted by molar-refractivity contribution is 6.74. The lowest BCUT2D eigenvalue weighted by Crippen LogP contribution is -2.48. The van der Waals surface area contributed by atoms with Crippen LogP contribution in [0, 0.1) is 29.6 Å². The van der Waals surface area contributed by atoms with Crippen molar-refractivity contribution in [1.82, 2.24) is 14.9 Å². The number of benzene rings is 2. The van der Waals surface area contributed by atoms with Gasteiger partial charge >= 0.3 is 0 Å². The zero-order valence-corrected chi connectivity index (χ0v) is 27.8. The number of rotatable bonds is 9. The lowest BCUT2D eigenvalue weighted by atomic mass is 9.83. The Bertz CT molecular complexity index is 1650. The van der Waals surface area contributed by atoms with E-state index in [0.717, 1.165) is 40.2 Å². The van der Waals surface area contributed by atoms with Crippen LogP contribution in [0.1, 0.15) is 55.5 Å². The molecule has 230 valence electrons. The molecule has 0 unspecified atom stereocenters. The van der Waals surface area contributed by atoms with Gasteiger partial charge in [0.25, 0.3) is 0 Å². The average molecular weight is 612 g/mol. The van der Waals surface area contributed by atoms with Crippen molar-refractivity contribution >= 4 is 25.6 Å². The molecule has 0 radical (unpaired) electrons. The molecule has 1 saturated heterocycles. The van der Waals surface area contributed by atoms with Crippen LogP contribution in [0.5, 0.6) is 0 Å². The number of hydrogen-bond acceptors (Lipinski definition) is 8. The van der Waals surface area contributed by atoms with Crippen molar-refractivity contribution in [1.29, 1.82) is 10.5 Å². The molecule has 1 fully saturated rings. The van der Waals surface area contributed by atoms with E-state index in [2.05, 4.69) is 79.5 Å². The third-order valence-corrected chi connectivity index (χ3v) is 14.0. The van der Waals surface area contributed by atoms with Gasteiger partial charge in [0, 0.05) is 55.6 Å². The van der Waals surface area contributed by atoms with Crippen LogP contribution in [0.4, 0.5) is 21.7 Å². The van der Waals surface area contributed by atoms with E-state index in [-0.39, 0.29) is 10.5 Å². The molecule has 2 aliphatic rings. The van der Waals surface area contributed by atoms with Gasteiger partial charge in [0.15, 0.2) is 8.32 Å². The van der Waals surface area contributed by atoms with E-state index in [9.17, 15) is 14.9 Å². The van der Waals surface area contributed by atoms with E-state index in [1.807, 2.05) is 31.2 Å². The van der Waals surface area contributed by atoms with E-state index >= 15 is 0 Å². The predicted molar refractivity (Wildman–Crippen MR) is 175 cm³/mol. The Balaban J connectivity index is 1.39. The molecule has 2 N–H and O–H groups in total. The molecule has 1 atom stereocenters. The predicted octanol–water partition coefficient (Wildman–Crippen LogP) is 6.84. The molecule has 2 aliphatic heterocycles. The largest absolute Gasteiger partial charge is 0.416 e. The topological polar surface area (TPSA) is 110 Å². The van der Waals surface area contributed by atoms with Crippen molar-refractivity contribution in [2.24, 2.45) is 0 Å². The van der Waals surface area contributed by atoms with Crippen molar-refractivity contribution in [2.45, 2.75) is 70.8 Å². The number of alkyl halides is 1. The summed E-state index contributed by atoms with van der Waals surface area (Å²) in [5.41, 5.74) is 6.97. The number of likely N-dealkylation sites (tertiary alicyclic amines) is 1. The molecule has 3 heterocycles. The summed E-state index contributed by atoms with van der Waals surface area (Å²) in [6.07, 6.45) is 1.65. The second-order valence-corrected chi connectivity index (χ2v) is 18.8. The maximum absolute atomic E-state index is 13.2. The van der Waals surface area contributed by atoms with Crippen molar-refractivity contribution in [3.63, 3.8) is 0 Å². The first-order chi connectivity index (χ1) is 20.7. The van der Waals surface area contributed by atoms with Crippen LogP contribution in [0.15, 0.2) is 36.5 Å². The number of hydrogen-bond donors (Lipinski definition) is 2. The maximum Gasteiger partial charge on any atom is 0.227 e. The summed E-state index contributed by atoms with van der Waals surface area (Å²) in [5.74, 6) is 0.401. The SMILES string of the molecule is Cc1cc(CCN2CC(F)C2)c(C#N)cc1Nc1nccc(-c2cc(C#N)c3c(c2)[C@@](C)(CO[Si](C)(C)C(C)(C)C)CN3)n1.